The molecule has 2 amide bonds. The molecule has 0 radical (unpaired) electrons. The first kappa shape index (κ1) is 22.0. The summed E-state index contributed by atoms with van der Waals surface area (Å²) in [6.45, 7) is 7.63. The SMILES string of the molecule is CC(C)(C)C(=O)N1CCC(C(=O)Nc2cccc(COc3ccc4c(c3)OCO4)c2)CC1. The van der Waals surface area contributed by atoms with Crippen LogP contribution in [0.25, 0.3) is 0 Å². The van der Waals surface area contributed by atoms with Crippen LogP contribution in [0.4, 0.5) is 5.69 Å². The fourth-order valence-corrected chi connectivity index (χ4v) is 3.94. The zero-order chi connectivity index (χ0) is 22.7. The van der Waals surface area contributed by atoms with Gasteiger partial charge in [-0.2, -0.15) is 0 Å². The minimum absolute atomic E-state index is 0.00157. The Balaban J connectivity index is 1.29. The molecule has 4 rings (SSSR count). The number of rotatable bonds is 5. The Morgan fingerprint density at radius 3 is 2.56 bits per heavy atom. The molecule has 0 bridgehead atoms. The van der Waals surface area contributed by atoms with Crippen molar-refractivity contribution in [2.24, 2.45) is 11.3 Å². The van der Waals surface area contributed by atoms with Gasteiger partial charge in [0.05, 0.1) is 0 Å². The molecule has 32 heavy (non-hydrogen) atoms. The molecule has 0 atom stereocenters. The van der Waals surface area contributed by atoms with Crippen LogP contribution in [0.1, 0.15) is 39.2 Å². The number of ether oxygens (including phenoxy) is 3. The highest BCUT2D eigenvalue weighted by Crippen LogP contribution is 2.35. The molecular formula is C25H30N2O5. The van der Waals surface area contributed by atoms with Crippen molar-refractivity contribution in [1.29, 1.82) is 0 Å². The number of hydrogen-bond donors (Lipinski definition) is 1. The predicted molar refractivity (Wildman–Crippen MR) is 121 cm³/mol. The van der Waals surface area contributed by atoms with Crippen LogP contribution in [-0.4, -0.2) is 36.6 Å². The minimum Gasteiger partial charge on any atom is -0.489 e. The fraction of sp³-hybridized carbons (Fsp3) is 0.440. The van der Waals surface area contributed by atoms with Gasteiger partial charge in [-0.3, -0.25) is 9.59 Å². The van der Waals surface area contributed by atoms with Crippen molar-refractivity contribution in [2.45, 2.75) is 40.2 Å². The minimum atomic E-state index is -0.391. The number of hydrogen-bond acceptors (Lipinski definition) is 5. The van der Waals surface area contributed by atoms with Gasteiger partial charge in [0.25, 0.3) is 0 Å². The summed E-state index contributed by atoms with van der Waals surface area (Å²) in [6, 6.07) is 13.1. The van der Waals surface area contributed by atoms with Crippen LogP contribution in [0, 0.1) is 11.3 Å². The third-order valence-electron chi connectivity index (χ3n) is 5.74. The van der Waals surface area contributed by atoms with Crippen LogP contribution < -0.4 is 19.5 Å². The van der Waals surface area contributed by atoms with E-state index in [4.69, 9.17) is 14.2 Å². The number of nitrogens with zero attached hydrogens (tertiary/aromatic N) is 1. The number of fused-ring (bicyclic) bond motifs is 1. The third-order valence-corrected chi connectivity index (χ3v) is 5.74. The van der Waals surface area contributed by atoms with E-state index in [1.54, 1.807) is 0 Å². The fourth-order valence-electron chi connectivity index (χ4n) is 3.94. The highest BCUT2D eigenvalue weighted by atomic mass is 16.7. The van der Waals surface area contributed by atoms with E-state index < -0.39 is 5.41 Å². The zero-order valence-electron chi connectivity index (χ0n) is 18.8. The number of nitrogens with one attached hydrogen (secondary N) is 1. The number of benzene rings is 2. The molecule has 0 aliphatic carbocycles. The Kier molecular flexibility index (Phi) is 6.26. The van der Waals surface area contributed by atoms with E-state index in [9.17, 15) is 9.59 Å². The second-order valence-electron chi connectivity index (χ2n) is 9.31. The van der Waals surface area contributed by atoms with E-state index in [1.165, 1.54) is 0 Å². The first-order valence-corrected chi connectivity index (χ1v) is 11.0. The number of piperidine rings is 1. The number of carbonyl (C=O) groups is 2. The second kappa shape index (κ2) is 9.10. The maximum atomic E-state index is 12.8. The summed E-state index contributed by atoms with van der Waals surface area (Å²) in [5.74, 6) is 2.15. The second-order valence-corrected chi connectivity index (χ2v) is 9.31. The summed E-state index contributed by atoms with van der Waals surface area (Å²) >= 11 is 0. The molecule has 1 saturated heterocycles. The van der Waals surface area contributed by atoms with Gasteiger partial charge < -0.3 is 24.4 Å². The van der Waals surface area contributed by atoms with Crippen molar-refractivity contribution in [1.82, 2.24) is 4.90 Å². The molecule has 0 spiro atoms. The maximum Gasteiger partial charge on any atom is 0.231 e. The monoisotopic (exact) mass is 438 g/mol. The number of amides is 2. The van der Waals surface area contributed by atoms with E-state index in [-0.39, 0.29) is 24.5 Å². The Hall–Kier alpha value is -3.22. The lowest BCUT2D eigenvalue weighted by Gasteiger charge is -2.35. The molecule has 0 aromatic heterocycles. The van der Waals surface area contributed by atoms with Crippen LogP contribution in [0.3, 0.4) is 0 Å². The lowest BCUT2D eigenvalue weighted by atomic mass is 9.90. The van der Waals surface area contributed by atoms with Gasteiger partial charge >= 0.3 is 0 Å². The van der Waals surface area contributed by atoms with E-state index in [0.717, 1.165) is 17.0 Å². The number of carbonyl (C=O) groups excluding carboxylic acids is 2. The summed E-state index contributed by atoms with van der Waals surface area (Å²) in [5.41, 5.74) is 1.30. The van der Waals surface area contributed by atoms with Crippen molar-refractivity contribution >= 4 is 17.5 Å². The van der Waals surface area contributed by atoms with Gasteiger partial charge in [0.2, 0.25) is 18.6 Å². The van der Waals surface area contributed by atoms with Crippen molar-refractivity contribution < 1.29 is 23.8 Å². The van der Waals surface area contributed by atoms with Crippen LogP contribution >= 0.6 is 0 Å². The van der Waals surface area contributed by atoms with E-state index in [0.29, 0.717) is 44.0 Å². The van der Waals surface area contributed by atoms with Crippen molar-refractivity contribution in [3.63, 3.8) is 0 Å². The Bertz CT molecular complexity index is 990. The zero-order valence-corrected chi connectivity index (χ0v) is 18.8. The first-order valence-electron chi connectivity index (χ1n) is 11.0. The summed E-state index contributed by atoms with van der Waals surface area (Å²) < 4.78 is 16.6. The maximum absolute atomic E-state index is 12.8. The first-order chi connectivity index (χ1) is 15.3. The van der Waals surface area contributed by atoms with E-state index in [1.807, 2.05) is 68.1 Å². The molecular weight excluding hydrogens is 408 g/mol. The van der Waals surface area contributed by atoms with Gasteiger partial charge in [-0.1, -0.05) is 32.9 Å². The van der Waals surface area contributed by atoms with Crippen molar-refractivity contribution in [3.05, 3.63) is 48.0 Å². The van der Waals surface area contributed by atoms with E-state index >= 15 is 0 Å². The van der Waals surface area contributed by atoms with Gasteiger partial charge in [-0.05, 0) is 42.7 Å². The van der Waals surface area contributed by atoms with Gasteiger partial charge in [0.15, 0.2) is 11.5 Å². The van der Waals surface area contributed by atoms with Crippen LogP contribution in [0.2, 0.25) is 0 Å². The van der Waals surface area contributed by atoms with Crippen LogP contribution in [0.5, 0.6) is 17.2 Å². The molecule has 7 nitrogen and oxygen atoms in total. The molecule has 1 N–H and O–H groups in total. The highest BCUT2D eigenvalue weighted by molar-refractivity contribution is 5.93. The summed E-state index contributed by atoms with van der Waals surface area (Å²) in [6.07, 6.45) is 1.36. The van der Waals surface area contributed by atoms with Gasteiger partial charge in [-0.25, -0.2) is 0 Å². The molecule has 2 aliphatic heterocycles. The normalized spacial score (nSPS) is 16.0. The smallest absolute Gasteiger partial charge is 0.231 e. The average Bonchev–Trinajstić information content (AvgIpc) is 3.25. The van der Waals surface area contributed by atoms with Gasteiger partial charge in [-0.15, -0.1) is 0 Å². The predicted octanol–water partition coefficient (Wildman–Crippen LogP) is 4.22. The Morgan fingerprint density at radius 1 is 1.06 bits per heavy atom. The third kappa shape index (κ3) is 5.15. The number of likely N-dealkylation sites (tertiary alicyclic amines) is 1. The molecule has 2 aromatic carbocycles. The van der Waals surface area contributed by atoms with Crippen LogP contribution in [0.15, 0.2) is 42.5 Å². The standard InChI is InChI=1S/C25H30N2O5/c1-25(2,3)24(29)27-11-9-18(10-12-27)23(28)26-19-6-4-5-17(13-19)15-30-20-7-8-21-22(14-20)32-16-31-21/h4-8,13-14,18H,9-12,15-16H2,1-3H3,(H,26,28). The van der Waals surface area contributed by atoms with Crippen LogP contribution in [-0.2, 0) is 16.2 Å². The summed E-state index contributed by atoms with van der Waals surface area (Å²) in [7, 11) is 0. The Morgan fingerprint density at radius 2 is 1.81 bits per heavy atom. The molecule has 0 unspecified atom stereocenters. The Labute approximate surface area is 188 Å². The molecule has 2 aromatic rings. The van der Waals surface area contributed by atoms with Gasteiger partial charge in [0.1, 0.15) is 12.4 Å². The van der Waals surface area contributed by atoms with Gasteiger partial charge in [0, 0.05) is 36.2 Å². The van der Waals surface area contributed by atoms with Crippen molar-refractivity contribution in [3.8, 4) is 17.2 Å². The van der Waals surface area contributed by atoms with E-state index in [2.05, 4.69) is 5.32 Å². The molecule has 7 heteroatoms. The number of anilines is 1. The largest absolute Gasteiger partial charge is 0.489 e. The highest BCUT2D eigenvalue weighted by Gasteiger charge is 2.32. The topological polar surface area (TPSA) is 77.1 Å². The quantitative estimate of drug-likeness (QED) is 0.757. The summed E-state index contributed by atoms with van der Waals surface area (Å²) in [4.78, 5) is 27.1. The molecule has 170 valence electrons. The lowest BCUT2D eigenvalue weighted by molar-refractivity contribution is -0.142. The molecule has 2 heterocycles. The average molecular weight is 439 g/mol. The molecule has 0 saturated carbocycles. The lowest BCUT2D eigenvalue weighted by Crippen LogP contribution is -2.45. The molecule has 2 aliphatic rings. The van der Waals surface area contributed by atoms with Crippen molar-refractivity contribution in [2.75, 3.05) is 25.2 Å². The summed E-state index contributed by atoms with van der Waals surface area (Å²) in [5, 5.41) is 3.02. The molecule has 1 fully saturated rings.